The summed E-state index contributed by atoms with van der Waals surface area (Å²) in [5, 5.41) is 0.824. The molecule has 2 rings (SSSR count). The molecule has 21 heavy (non-hydrogen) atoms. The number of piperidine rings is 1. The third-order valence-corrected chi connectivity index (χ3v) is 5.11. The van der Waals surface area contributed by atoms with Gasteiger partial charge in [-0.1, -0.05) is 38.4 Å². The monoisotopic (exact) mass is 308 g/mol. The molecule has 1 unspecified atom stereocenters. The van der Waals surface area contributed by atoms with E-state index < -0.39 is 0 Å². The molecule has 0 amide bonds. The Morgan fingerprint density at radius 1 is 1.29 bits per heavy atom. The van der Waals surface area contributed by atoms with Gasteiger partial charge in [-0.25, -0.2) is 0 Å². The molecule has 1 aliphatic rings. The Bertz CT molecular complexity index is 451. The van der Waals surface area contributed by atoms with E-state index in [1.165, 1.54) is 24.1 Å². The molecule has 1 aromatic carbocycles. The van der Waals surface area contributed by atoms with E-state index in [9.17, 15) is 0 Å². The lowest BCUT2D eigenvalue weighted by atomic mass is 9.86. The summed E-state index contributed by atoms with van der Waals surface area (Å²) in [7, 11) is 0. The highest BCUT2D eigenvalue weighted by molar-refractivity contribution is 6.30. The summed E-state index contributed by atoms with van der Waals surface area (Å²) < 4.78 is 0. The number of hydrogen-bond acceptors (Lipinski definition) is 2. The number of nitrogens with two attached hydrogens (primary N) is 1. The van der Waals surface area contributed by atoms with E-state index in [-0.39, 0.29) is 6.04 Å². The largest absolute Gasteiger partial charge is 0.371 e. The van der Waals surface area contributed by atoms with Crippen molar-refractivity contribution >= 4 is 17.3 Å². The van der Waals surface area contributed by atoms with Crippen LogP contribution in [0.5, 0.6) is 0 Å². The number of hydrogen-bond donors (Lipinski definition) is 1. The maximum Gasteiger partial charge on any atom is 0.0426 e. The number of benzene rings is 1. The molecule has 0 bridgehead atoms. The van der Waals surface area contributed by atoms with Crippen LogP contribution in [0.4, 0.5) is 5.69 Å². The second kappa shape index (κ2) is 7.51. The predicted molar refractivity (Wildman–Crippen MR) is 93.2 cm³/mol. The summed E-state index contributed by atoms with van der Waals surface area (Å²) >= 11 is 6.23. The number of anilines is 1. The zero-order valence-electron chi connectivity index (χ0n) is 13.6. The summed E-state index contributed by atoms with van der Waals surface area (Å²) in [6, 6.07) is 6.50. The van der Waals surface area contributed by atoms with Crippen LogP contribution in [-0.4, -0.2) is 19.1 Å². The van der Waals surface area contributed by atoms with Crippen LogP contribution in [0.1, 0.15) is 45.6 Å². The van der Waals surface area contributed by atoms with Gasteiger partial charge in [0.1, 0.15) is 0 Å². The minimum atomic E-state index is 0.234. The minimum Gasteiger partial charge on any atom is -0.371 e. The van der Waals surface area contributed by atoms with Crippen molar-refractivity contribution < 1.29 is 0 Å². The van der Waals surface area contributed by atoms with Gasteiger partial charge in [0.15, 0.2) is 0 Å². The molecule has 1 saturated heterocycles. The summed E-state index contributed by atoms with van der Waals surface area (Å²) in [5.41, 5.74) is 8.80. The first-order valence-electron chi connectivity index (χ1n) is 8.30. The summed E-state index contributed by atoms with van der Waals surface area (Å²) in [4.78, 5) is 2.50. The summed E-state index contributed by atoms with van der Waals surface area (Å²) in [6.45, 7) is 9.10. The highest BCUT2D eigenvalue weighted by Gasteiger charge is 2.23. The smallest absolute Gasteiger partial charge is 0.0426 e. The van der Waals surface area contributed by atoms with Gasteiger partial charge >= 0.3 is 0 Å². The molecule has 118 valence electrons. The van der Waals surface area contributed by atoms with Gasteiger partial charge in [0.2, 0.25) is 0 Å². The van der Waals surface area contributed by atoms with E-state index in [1.807, 2.05) is 6.07 Å². The first-order valence-corrected chi connectivity index (χ1v) is 8.68. The zero-order chi connectivity index (χ0) is 15.4. The Kier molecular flexibility index (Phi) is 5.95. The van der Waals surface area contributed by atoms with Crippen LogP contribution >= 0.6 is 11.6 Å². The molecule has 1 aromatic rings. The van der Waals surface area contributed by atoms with Crippen molar-refractivity contribution in [3.05, 3.63) is 28.8 Å². The van der Waals surface area contributed by atoms with Crippen molar-refractivity contribution in [3.63, 3.8) is 0 Å². The Morgan fingerprint density at radius 2 is 1.95 bits per heavy atom. The van der Waals surface area contributed by atoms with Crippen molar-refractivity contribution in [1.82, 2.24) is 0 Å². The molecule has 3 heteroatoms. The van der Waals surface area contributed by atoms with Crippen molar-refractivity contribution in [2.24, 2.45) is 17.6 Å². The molecule has 0 saturated carbocycles. The van der Waals surface area contributed by atoms with E-state index in [0.29, 0.717) is 0 Å². The molecule has 1 atom stereocenters. The maximum atomic E-state index is 6.23. The molecule has 1 fully saturated rings. The van der Waals surface area contributed by atoms with Crippen LogP contribution in [0.3, 0.4) is 0 Å². The molecule has 0 aliphatic carbocycles. The van der Waals surface area contributed by atoms with Gasteiger partial charge in [-0.05, 0) is 55.2 Å². The molecule has 1 aliphatic heterocycles. The fourth-order valence-corrected chi connectivity index (χ4v) is 3.40. The van der Waals surface area contributed by atoms with Crippen LogP contribution in [-0.2, 0) is 6.42 Å². The highest BCUT2D eigenvalue weighted by atomic mass is 35.5. The lowest BCUT2D eigenvalue weighted by Gasteiger charge is -2.36. The van der Waals surface area contributed by atoms with Gasteiger partial charge < -0.3 is 10.6 Å². The molecule has 0 spiro atoms. The summed E-state index contributed by atoms with van der Waals surface area (Å²) in [6.07, 6.45) is 4.51. The lowest BCUT2D eigenvalue weighted by molar-refractivity contribution is 0.311. The third kappa shape index (κ3) is 4.37. The van der Waals surface area contributed by atoms with E-state index in [1.54, 1.807) is 0 Å². The highest BCUT2D eigenvalue weighted by Crippen LogP contribution is 2.32. The van der Waals surface area contributed by atoms with Gasteiger partial charge in [0, 0.05) is 29.8 Å². The van der Waals surface area contributed by atoms with Gasteiger partial charge in [0.25, 0.3) is 0 Å². The van der Waals surface area contributed by atoms with Gasteiger partial charge in [-0.3, -0.25) is 0 Å². The fraction of sp³-hybridized carbons (Fsp3) is 0.667. The second-order valence-corrected chi connectivity index (χ2v) is 7.15. The van der Waals surface area contributed by atoms with Crippen molar-refractivity contribution in [3.8, 4) is 0 Å². The normalized spacial score (nSPS) is 18.3. The van der Waals surface area contributed by atoms with Crippen molar-refractivity contribution in [2.45, 2.75) is 52.5 Å². The average Bonchev–Trinajstić information content (AvgIpc) is 2.49. The van der Waals surface area contributed by atoms with Crippen LogP contribution in [0.2, 0.25) is 5.02 Å². The minimum absolute atomic E-state index is 0.234. The second-order valence-electron chi connectivity index (χ2n) is 6.71. The van der Waals surface area contributed by atoms with Crippen LogP contribution in [0.25, 0.3) is 0 Å². The lowest BCUT2D eigenvalue weighted by Crippen LogP contribution is -2.36. The standard InChI is InChI=1S/C18H29ClN2/c1-4-17(20)11-15-5-6-16(19)12-18(15)21-9-7-14(8-10-21)13(2)3/h5-6,12-14,17H,4,7-11,20H2,1-3H3. The number of rotatable bonds is 5. The molecular formula is C18H29ClN2. The molecule has 2 N–H and O–H groups in total. The van der Waals surface area contributed by atoms with Crippen LogP contribution in [0, 0.1) is 11.8 Å². The third-order valence-electron chi connectivity index (χ3n) is 4.88. The zero-order valence-corrected chi connectivity index (χ0v) is 14.4. The van der Waals surface area contributed by atoms with Gasteiger partial charge in [0.05, 0.1) is 0 Å². The van der Waals surface area contributed by atoms with E-state index in [2.05, 4.69) is 37.8 Å². The quantitative estimate of drug-likeness (QED) is 0.868. The first-order chi connectivity index (χ1) is 10.0. The van der Waals surface area contributed by atoms with Gasteiger partial charge in [-0.2, -0.15) is 0 Å². The molecular weight excluding hydrogens is 280 g/mol. The van der Waals surface area contributed by atoms with Crippen LogP contribution in [0.15, 0.2) is 18.2 Å². The van der Waals surface area contributed by atoms with Crippen molar-refractivity contribution in [1.29, 1.82) is 0 Å². The number of halogens is 1. The maximum absolute atomic E-state index is 6.23. The van der Waals surface area contributed by atoms with Crippen LogP contribution < -0.4 is 10.6 Å². The van der Waals surface area contributed by atoms with E-state index >= 15 is 0 Å². The molecule has 2 nitrogen and oxygen atoms in total. The van der Waals surface area contributed by atoms with Gasteiger partial charge in [-0.15, -0.1) is 0 Å². The Morgan fingerprint density at radius 3 is 2.52 bits per heavy atom. The summed E-state index contributed by atoms with van der Waals surface area (Å²) in [5.74, 6) is 1.65. The predicted octanol–water partition coefficient (Wildman–Crippen LogP) is 4.49. The molecule has 1 heterocycles. The Balaban J connectivity index is 2.13. The van der Waals surface area contributed by atoms with Crippen molar-refractivity contribution in [2.75, 3.05) is 18.0 Å². The molecule has 0 radical (unpaired) electrons. The Labute approximate surface area is 134 Å². The number of nitrogens with zero attached hydrogens (tertiary/aromatic N) is 1. The fourth-order valence-electron chi connectivity index (χ4n) is 3.24. The first kappa shape index (κ1) is 16.6. The van der Waals surface area contributed by atoms with E-state index in [4.69, 9.17) is 17.3 Å². The average molecular weight is 309 g/mol. The van der Waals surface area contributed by atoms with E-state index in [0.717, 1.165) is 42.8 Å². The SMILES string of the molecule is CCC(N)Cc1ccc(Cl)cc1N1CCC(C(C)C)CC1. The topological polar surface area (TPSA) is 29.3 Å². The molecule has 0 aromatic heterocycles. The Hall–Kier alpha value is -0.730.